The van der Waals surface area contributed by atoms with Crippen LogP contribution in [-0.4, -0.2) is 101 Å². The van der Waals surface area contributed by atoms with E-state index < -0.39 is 17.9 Å². The number of aromatic nitrogens is 2. The van der Waals surface area contributed by atoms with E-state index in [0.29, 0.717) is 62.0 Å². The number of benzene rings is 9. The lowest BCUT2D eigenvalue weighted by molar-refractivity contribution is -0.141. The molecule has 0 saturated heterocycles. The highest BCUT2D eigenvalue weighted by Gasteiger charge is 2.22. The second-order valence-electron chi connectivity index (χ2n) is 23.5. The van der Waals surface area contributed by atoms with Crippen molar-refractivity contribution in [2.75, 3.05) is 49.2 Å². The molecule has 18 heteroatoms. The minimum atomic E-state index is -0.574. The molecule has 98 heavy (non-hydrogen) atoms. The topological polar surface area (TPSA) is 202 Å². The summed E-state index contributed by atoms with van der Waals surface area (Å²) in [5.74, 6) is -0.830. The van der Waals surface area contributed by atoms with Gasteiger partial charge >= 0.3 is 17.9 Å². The summed E-state index contributed by atoms with van der Waals surface area (Å²) in [7, 11) is 0. The van der Waals surface area contributed by atoms with Crippen molar-refractivity contribution in [2.45, 2.75) is 75.2 Å². The van der Waals surface area contributed by atoms with Gasteiger partial charge in [0.15, 0.2) is 17.3 Å². The number of hydrogen-bond donors (Lipinski definition) is 0. The molecule has 496 valence electrons. The number of nitrogens with zero attached hydrogens (tertiary/aromatic N) is 7. The monoisotopic (exact) mass is 1310 g/mol. The summed E-state index contributed by atoms with van der Waals surface area (Å²) in [6.07, 6.45) is 0.400. The minimum absolute atomic E-state index is 0.0988. The molecule has 2 aromatic heterocycles. The second-order valence-corrected chi connectivity index (χ2v) is 23.5. The molecule has 0 atom stereocenters. The summed E-state index contributed by atoms with van der Waals surface area (Å²) in [4.78, 5) is 96.7. The van der Waals surface area contributed by atoms with Gasteiger partial charge in [-0.25, -0.2) is 14.4 Å². The third-order valence-corrected chi connectivity index (χ3v) is 17.2. The molecule has 0 bridgehead atoms. The van der Waals surface area contributed by atoms with Crippen LogP contribution in [0, 0.1) is 0 Å². The summed E-state index contributed by atoms with van der Waals surface area (Å²) in [5.41, 5.74) is 13.5. The summed E-state index contributed by atoms with van der Waals surface area (Å²) in [6.45, 7) is 19.5. The number of rotatable bonds is 27. The van der Waals surface area contributed by atoms with Crippen molar-refractivity contribution in [3.05, 3.63) is 239 Å². The average molecular weight is 1310 g/mol. The van der Waals surface area contributed by atoms with E-state index in [9.17, 15) is 28.8 Å². The fourth-order valence-corrected chi connectivity index (χ4v) is 12.1. The van der Waals surface area contributed by atoms with Crippen LogP contribution in [0.1, 0.15) is 134 Å². The van der Waals surface area contributed by atoms with Gasteiger partial charge in [-0.05, 0) is 228 Å². The van der Waals surface area contributed by atoms with E-state index in [4.69, 9.17) is 24.0 Å². The van der Waals surface area contributed by atoms with Crippen LogP contribution in [0.5, 0.6) is 11.5 Å². The first-order valence-electron chi connectivity index (χ1n) is 32.7. The Bertz CT molecular complexity index is 4920. The van der Waals surface area contributed by atoms with Crippen molar-refractivity contribution in [2.24, 2.45) is 15.5 Å². The molecule has 0 radical (unpaired) electrons. The minimum Gasteiger partial charge on any atom is -0.493 e. The van der Waals surface area contributed by atoms with E-state index in [-0.39, 0.29) is 43.4 Å². The molecule has 0 amide bonds. The zero-order chi connectivity index (χ0) is 69.1. The Morgan fingerprint density at radius 3 is 1.03 bits per heavy atom. The van der Waals surface area contributed by atoms with Gasteiger partial charge in [-0.2, -0.15) is 0 Å². The van der Waals surface area contributed by atoms with Crippen LogP contribution in [0.4, 0.5) is 11.4 Å². The van der Waals surface area contributed by atoms with Crippen molar-refractivity contribution in [1.29, 1.82) is 0 Å². The third-order valence-electron chi connectivity index (χ3n) is 17.2. The first kappa shape index (κ1) is 67.6. The lowest BCUT2D eigenvalue weighted by Gasteiger charge is -2.21. The molecule has 11 rings (SSSR count). The summed E-state index contributed by atoms with van der Waals surface area (Å²) in [6, 6.07) is 60.7. The second kappa shape index (κ2) is 30.3. The molecule has 0 fully saturated rings. The van der Waals surface area contributed by atoms with Gasteiger partial charge in [0.25, 0.3) is 0 Å². The van der Waals surface area contributed by atoms with E-state index in [1.807, 2.05) is 158 Å². The van der Waals surface area contributed by atoms with Crippen molar-refractivity contribution in [3.63, 3.8) is 0 Å². The highest BCUT2D eigenvalue weighted by molar-refractivity contribution is 6.18. The Morgan fingerprint density at radius 1 is 0.347 bits per heavy atom. The van der Waals surface area contributed by atoms with Crippen LogP contribution < -0.4 is 19.3 Å². The van der Waals surface area contributed by atoms with Gasteiger partial charge in [0.2, 0.25) is 0 Å². The van der Waals surface area contributed by atoms with Crippen molar-refractivity contribution in [1.82, 2.24) is 9.13 Å². The van der Waals surface area contributed by atoms with Gasteiger partial charge in [0, 0.05) is 132 Å². The number of hydrogen-bond acceptors (Lipinski definition) is 16. The molecule has 0 aliphatic carbocycles. The van der Waals surface area contributed by atoms with Gasteiger partial charge < -0.3 is 42.9 Å². The highest BCUT2D eigenvalue weighted by Crippen LogP contribution is 2.37. The predicted molar refractivity (Wildman–Crippen MR) is 386 cm³/mol. The normalized spacial score (nSPS) is 11.9. The molecule has 0 saturated carbocycles. The SMILES string of the molecule is CCN(CC)c1ccc(C(=O)c2ccc3c(c2)c2cc(/C(C)=N\OC(C)=O)ccc2n3-c2ccc(/C(CCOc3ccc(OCCC(=O)c4ccc(-n5c6ccc(C(=O)c7ccc(N(CC)CC)cc7)cc6c6cc(/C(C)=N/OC(C)=O)ccc65)cc4)cc3)=N\OC(C)=O)cc2)cc1. The Labute approximate surface area is 567 Å². The van der Waals surface area contributed by atoms with E-state index in [1.165, 1.54) is 20.8 Å². The van der Waals surface area contributed by atoms with Crippen molar-refractivity contribution in [3.8, 4) is 22.9 Å². The summed E-state index contributed by atoms with van der Waals surface area (Å²) < 4.78 is 16.4. The Morgan fingerprint density at radius 2 is 0.663 bits per heavy atom. The molecule has 0 aliphatic heterocycles. The number of anilines is 2. The number of carbonyl (C=O) groups is 6. The Kier molecular flexibility index (Phi) is 20.9. The van der Waals surface area contributed by atoms with E-state index in [0.717, 1.165) is 104 Å². The smallest absolute Gasteiger partial charge is 0.331 e. The number of fused-ring (bicyclic) bond motifs is 6. The van der Waals surface area contributed by atoms with Crippen LogP contribution in [0.25, 0.3) is 55.0 Å². The standard InChI is InChI=1S/C80H75N7O11/c1-10-84(11-2)63-26-18-57(19-27-63)79(92)61-24-40-76-71(48-61)69-46-59(50(5)81-96-52(7)88)22-38-74(69)86(76)65-30-14-55(15-31-65)73(83-98-54(9)90)42-44-94-67-34-36-68(37-35-67)95-45-43-78(91)56-16-32-66(33-17-56)87-75-39-23-60(51(6)82-97-53(8)89)47-70(75)72-49-62(25-41-77(72)87)80(93)58-20-28-64(29-21-58)85(12-3)13-4/h14-41,46-49H,10-13,42-45H2,1-9H3/b81-50-,82-51+,83-73-. The van der Waals surface area contributed by atoms with Crippen LogP contribution in [0.2, 0.25) is 0 Å². The quantitative estimate of drug-likeness (QED) is 0.0204. The van der Waals surface area contributed by atoms with Gasteiger partial charge in [0.1, 0.15) is 11.5 Å². The molecule has 18 nitrogen and oxygen atoms in total. The van der Waals surface area contributed by atoms with Gasteiger partial charge in [-0.1, -0.05) is 39.7 Å². The average Bonchev–Trinajstić information content (AvgIpc) is 1.59. The van der Waals surface area contributed by atoms with Crippen LogP contribution in [0.15, 0.2) is 210 Å². The lowest BCUT2D eigenvalue weighted by atomic mass is 10.00. The third kappa shape index (κ3) is 15.0. The fraction of sp³-hybridized carbons (Fsp3) is 0.212. The zero-order valence-electron chi connectivity index (χ0n) is 56.3. The van der Waals surface area contributed by atoms with Gasteiger partial charge in [-0.3, -0.25) is 14.4 Å². The Balaban J connectivity index is 0.746. The predicted octanol–water partition coefficient (Wildman–Crippen LogP) is 16.0. The number of carbonyl (C=O) groups excluding carboxylic acids is 6. The molecule has 0 aliphatic rings. The van der Waals surface area contributed by atoms with E-state index >= 15 is 0 Å². The highest BCUT2D eigenvalue weighted by atomic mass is 16.7. The molecule has 11 aromatic rings. The van der Waals surface area contributed by atoms with Crippen LogP contribution in [-0.2, 0) is 28.9 Å². The number of ether oxygens (including phenoxy) is 2. The van der Waals surface area contributed by atoms with Crippen LogP contribution in [0.3, 0.4) is 0 Å². The lowest BCUT2D eigenvalue weighted by Crippen LogP contribution is -2.21. The first-order chi connectivity index (χ1) is 47.4. The summed E-state index contributed by atoms with van der Waals surface area (Å²) >= 11 is 0. The van der Waals surface area contributed by atoms with Crippen molar-refractivity contribution < 1.29 is 52.8 Å². The van der Waals surface area contributed by atoms with Gasteiger partial charge in [-0.15, -0.1) is 0 Å². The maximum Gasteiger partial charge on any atom is 0.331 e. The fourth-order valence-electron chi connectivity index (χ4n) is 12.1. The molecule has 0 spiro atoms. The van der Waals surface area contributed by atoms with E-state index in [2.05, 4.69) is 62.1 Å². The van der Waals surface area contributed by atoms with Crippen LogP contribution >= 0.6 is 0 Å². The summed E-state index contributed by atoms with van der Waals surface area (Å²) in [5, 5.41) is 15.7. The molecule has 2 heterocycles. The number of oxime groups is 3. The zero-order valence-corrected chi connectivity index (χ0v) is 56.3. The maximum absolute atomic E-state index is 14.1. The molecule has 9 aromatic carbocycles. The van der Waals surface area contributed by atoms with Crippen molar-refractivity contribution >= 4 is 107 Å². The van der Waals surface area contributed by atoms with Gasteiger partial charge in [0.05, 0.1) is 52.4 Å². The Hall–Kier alpha value is -11.8. The molecule has 0 unspecified atom stereocenters. The number of ketones is 3. The molecule has 0 N–H and O–H groups in total. The molecular formula is C80H75N7O11. The maximum atomic E-state index is 14.1. The van der Waals surface area contributed by atoms with E-state index in [1.54, 1.807) is 50.2 Å². The first-order valence-corrected chi connectivity index (χ1v) is 32.7. The largest absolute Gasteiger partial charge is 0.493 e. The molecular weight excluding hydrogens is 1230 g/mol. The number of Topliss-reactive ketones (excluding diaryl/α,β-unsaturated/α-hetero) is 1.